The molecule has 1 saturated heterocycles. The van der Waals surface area contributed by atoms with Crippen molar-refractivity contribution in [2.24, 2.45) is 0 Å². The maximum Gasteiger partial charge on any atom is 0.214 e. The Hall–Kier alpha value is -3.06. The van der Waals surface area contributed by atoms with Crippen LogP contribution in [0.4, 0.5) is 0 Å². The van der Waals surface area contributed by atoms with Crippen molar-refractivity contribution in [3.8, 4) is 11.6 Å². The fourth-order valence-corrected chi connectivity index (χ4v) is 4.17. The molecule has 2 aromatic heterocycles. The molecule has 2 atom stereocenters. The second-order valence-corrected chi connectivity index (χ2v) is 7.21. The van der Waals surface area contributed by atoms with E-state index in [-0.39, 0.29) is 12.0 Å². The molecule has 0 spiro atoms. The molecule has 7 nitrogen and oxygen atoms in total. The molecule has 3 aromatic rings. The molecule has 0 amide bonds. The zero-order valence-electron chi connectivity index (χ0n) is 15.4. The Bertz CT molecular complexity index is 987. The van der Waals surface area contributed by atoms with Crippen LogP contribution in [-0.2, 0) is 11.2 Å². The fourth-order valence-electron chi connectivity index (χ4n) is 4.17. The fraction of sp³-hybridized carbons (Fsp3) is 0.333. The van der Waals surface area contributed by atoms with Gasteiger partial charge in [-0.3, -0.25) is 14.3 Å². The van der Waals surface area contributed by atoms with E-state index in [0.717, 1.165) is 37.1 Å². The second-order valence-electron chi connectivity index (χ2n) is 7.21. The van der Waals surface area contributed by atoms with Gasteiger partial charge in [-0.25, -0.2) is 4.98 Å². The molecular weight excluding hydrogens is 354 g/mol. The molecular formula is C21H21N5O2. The summed E-state index contributed by atoms with van der Waals surface area (Å²) in [7, 11) is 0. The minimum absolute atomic E-state index is 0.121. The van der Waals surface area contributed by atoms with Gasteiger partial charge < -0.3 is 4.74 Å². The number of Topliss-reactive ketones (excluding diaryl/α,β-unsaturated/α-hetero) is 1. The van der Waals surface area contributed by atoms with Crippen molar-refractivity contribution in [2.45, 2.75) is 38.0 Å². The SMILES string of the molecule is O=C1Cc2ccccc2-n2cnnc2C1N1CCCCC1Oc1ccccn1. The average Bonchev–Trinajstić information content (AvgIpc) is 3.16. The van der Waals surface area contributed by atoms with Gasteiger partial charge in [0.05, 0.1) is 5.69 Å². The van der Waals surface area contributed by atoms with E-state index in [0.29, 0.717) is 18.1 Å². The number of carbonyl (C=O) groups excluding carboxylic acids is 1. The topological polar surface area (TPSA) is 73.1 Å². The van der Waals surface area contributed by atoms with E-state index >= 15 is 0 Å². The molecule has 7 heteroatoms. The van der Waals surface area contributed by atoms with E-state index in [1.165, 1.54) is 0 Å². The maximum atomic E-state index is 13.3. The predicted molar refractivity (Wildman–Crippen MR) is 102 cm³/mol. The van der Waals surface area contributed by atoms with Crippen LogP contribution in [0.3, 0.4) is 0 Å². The summed E-state index contributed by atoms with van der Waals surface area (Å²) in [5, 5.41) is 8.46. The molecule has 2 aliphatic heterocycles. The third-order valence-corrected chi connectivity index (χ3v) is 5.45. The van der Waals surface area contributed by atoms with E-state index in [4.69, 9.17) is 4.74 Å². The Balaban J connectivity index is 1.53. The number of carbonyl (C=O) groups is 1. The lowest BCUT2D eigenvalue weighted by Gasteiger charge is -2.38. The van der Waals surface area contributed by atoms with Gasteiger partial charge in [0.25, 0.3) is 0 Å². The van der Waals surface area contributed by atoms with Crippen molar-refractivity contribution in [1.29, 1.82) is 0 Å². The number of hydrogen-bond donors (Lipinski definition) is 0. The van der Waals surface area contributed by atoms with Crippen LogP contribution in [-0.4, -0.2) is 43.2 Å². The highest BCUT2D eigenvalue weighted by Gasteiger charge is 2.40. The van der Waals surface area contributed by atoms with E-state index in [1.54, 1.807) is 12.5 Å². The molecule has 28 heavy (non-hydrogen) atoms. The predicted octanol–water partition coefficient (Wildman–Crippen LogP) is 2.72. The Morgan fingerprint density at radius 1 is 1.07 bits per heavy atom. The Kier molecular flexibility index (Phi) is 4.37. The first-order chi connectivity index (χ1) is 13.8. The first kappa shape index (κ1) is 17.1. The standard InChI is InChI=1S/C21H21N5O2/c27-17-13-15-7-1-2-8-16(15)26-14-23-24-21(26)20(17)25-12-6-4-10-19(25)28-18-9-3-5-11-22-18/h1-3,5,7-9,11,14,19-20H,4,6,10,12-13H2. The van der Waals surface area contributed by atoms with Crippen molar-refractivity contribution < 1.29 is 9.53 Å². The first-order valence-corrected chi connectivity index (χ1v) is 9.65. The molecule has 0 aliphatic carbocycles. The molecule has 5 rings (SSSR count). The molecule has 1 fully saturated rings. The number of aromatic nitrogens is 4. The van der Waals surface area contributed by atoms with Gasteiger partial charge in [0.2, 0.25) is 5.88 Å². The van der Waals surface area contributed by atoms with Gasteiger partial charge in [-0.2, -0.15) is 0 Å². The zero-order chi connectivity index (χ0) is 18.9. The smallest absolute Gasteiger partial charge is 0.214 e. The highest BCUT2D eigenvalue weighted by Crippen LogP contribution is 2.34. The average molecular weight is 375 g/mol. The number of pyridine rings is 1. The zero-order valence-corrected chi connectivity index (χ0v) is 15.4. The van der Waals surface area contributed by atoms with Gasteiger partial charge in [-0.1, -0.05) is 24.3 Å². The van der Waals surface area contributed by atoms with Crippen LogP contribution in [0.25, 0.3) is 5.69 Å². The normalized spacial score (nSPS) is 22.2. The summed E-state index contributed by atoms with van der Waals surface area (Å²) >= 11 is 0. The second kappa shape index (κ2) is 7.16. The van der Waals surface area contributed by atoms with Gasteiger partial charge in [0.15, 0.2) is 17.8 Å². The third kappa shape index (κ3) is 2.97. The number of fused-ring (bicyclic) bond motifs is 3. The van der Waals surface area contributed by atoms with E-state index in [2.05, 4.69) is 20.1 Å². The van der Waals surface area contributed by atoms with Crippen molar-refractivity contribution >= 4 is 5.78 Å². The van der Waals surface area contributed by atoms with Crippen LogP contribution in [0.1, 0.15) is 36.7 Å². The number of likely N-dealkylation sites (tertiary alicyclic amines) is 1. The lowest BCUT2D eigenvalue weighted by molar-refractivity contribution is -0.130. The summed E-state index contributed by atoms with van der Waals surface area (Å²) in [5.74, 6) is 1.35. The Morgan fingerprint density at radius 3 is 2.86 bits per heavy atom. The van der Waals surface area contributed by atoms with Crippen LogP contribution in [0.5, 0.6) is 5.88 Å². The van der Waals surface area contributed by atoms with Crippen LogP contribution in [0, 0.1) is 0 Å². The van der Waals surface area contributed by atoms with Gasteiger partial charge in [-0.15, -0.1) is 10.2 Å². The number of ether oxygens (including phenoxy) is 1. The molecule has 142 valence electrons. The number of hydrogen-bond acceptors (Lipinski definition) is 6. The first-order valence-electron chi connectivity index (χ1n) is 9.65. The highest BCUT2D eigenvalue weighted by atomic mass is 16.5. The van der Waals surface area contributed by atoms with E-state index in [9.17, 15) is 4.79 Å². The minimum Gasteiger partial charge on any atom is -0.458 e. The Morgan fingerprint density at radius 2 is 1.96 bits per heavy atom. The lowest BCUT2D eigenvalue weighted by Crippen LogP contribution is -2.48. The summed E-state index contributed by atoms with van der Waals surface area (Å²) in [5.41, 5.74) is 1.97. The van der Waals surface area contributed by atoms with Gasteiger partial charge >= 0.3 is 0 Å². The molecule has 1 aromatic carbocycles. The number of para-hydroxylation sites is 1. The minimum atomic E-state index is -0.482. The van der Waals surface area contributed by atoms with Crippen molar-refractivity contribution in [3.63, 3.8) is 0 Å². The van der Waals surface area contributed by atoms with Gasteiger partial charge in [0, 0.05) is 25.2 Å². The summed E-state index contributed by atoms with van der Waals surface area (Å²) in [6.45, 7) is 0.775. The van der Waals surface area contributed by atoms with E-state index < -0.39 is 6.04 Å². The van der Waals surface area contributed by atoms with Crippen molar-refractivity contribution in [1.82, 2.24) is 24.6 Å². The van der Waals surface area contributed by atoms with Crippen LogP contribution >= 0.6 is 0 Å². The summed E-state index contributed by atoms with van der Waals surface area (Å²) in [6, 6.07) is 13.1. The maximum absolute atomic E-state index is 13.3. The molecule has 0 saturated carbocycles. The molecule has 4 heterocycles. The van der Waals surface area contributed by atoms with Crippen molar-refractivity contribution in [3.05, 3.63) is 66.4 Å². The highest BCUT2D eigenvalue weighted by molar-refractivity contribution is 5.88. The molecule has 0 N–H and O–H groups in total. The quantitative estimate of drug-likeness (QED) is 0.701. The molecule has 0 radical (unpaired) electrons. The number of ketones is 1. The van der Waals surface area contributed by atoms with Crippen LogP contribution < -0.4 is 4.74 Å². The molecule has 2 aliphatic rings. The lowest BCUT2D eigenvalue weighted by atomic mass is 9.99. The molecule has 2 unspecified atom stereocenters. The van der Waals surface area contributed by atoms with Crippen LogP contribution in [0.2, 0.25) is 0 Å². The monoisotopic (exact) mass is 375 g/mol. The Labute approximate surface area is 163 Å². The third-order valence-electron chi connectivity index (χ3n) is 5.45. The van der Waals surface area contributed by atoms with Crippen molar-refractivity contribution in [2.75, 3.05) is 6.54 Å². The van der Waals surface area contributed by atoms with Gasteiger partial charge in [-0.05, 0) is 37.0 Å². The summed E-state index contributed by atoms with van der Waals surface area (Å²) in [6.07, 6.45) is 6.49. The van der Waals surface area contributed by atoms with Gasteiger partial charge in [0.1, 0.15) is 12.4 Å². The number of benzene rings is 1. The van der Waals surface area contributed by atoms with Crippen LogP contribution in [0.15, 0.2) is 55.0 Å². The van der Waals surface area contributed by atoms with E-state index in [1.807, 2.05) is 47.0 Å². The molecule has 0 bridgehead atoms. The number of rotatable bonds is 3. The summed E-state index contributed by atoms with van der Waals surface area (Å²) < 4.78 is 8.13. The summed E-state index contributed by atoms with van der Waals surface area (Å²) in [4.78, 5) is 19.8. The largest absolute Gasteiger partial charge is 0.458 e. The number of nitrogens with zero attached hydrogens (tertiary/aromatic N) is 5. The number of piperidine rings is 1.